The molecule has 26 heavy (non-hydrogen) atoms. The van der Waals surface area contributed by atoms with Crippen molar-refractivity contribution in [1.82, 2.24) is 5.43 Å². The quantitative estimate of drug-likeness (QED) is 0.434. The third kappa shape index (κ3) is 3.90. The van der Waals surface area contributed by atoms with Crippen LogP contribution in [0, 0.1) is 19.3 Å². The highest BCUT2D eigenvalue weighted by Gasteiger charge is 2.08. The second-order valence-corrected chi connectivity index (χ2v) is 5.76. The largest absolute Gasteiger partial charge is 0.480 e. The molecule has 128 valence electrons. The molecule has 4 heteroatoms. The van der Waals surface area contributed by atoms with E-state index in [-0.39, 0.29) is 12.5 Å². The van der Waals surface area contributed by atoms with Crippen LogP contribution < -0.4 is 10.2 Å². The summed E-state index contributed by atoms with van der Waals surface area (Å²) in [5.41, 5.74) is 4.96. The van der Waals surface area contributed by atoms with Crippen LogP contribution in [0.25, 0.3) is 10.8 Å². The number of ether oxygens (including phenoxy) is 1. The lowest BCUT2D eigenvalue weighted by molar-refractivity contribution is 0.0955. The lowest BCUT2D eigenvalue weighted by atomic mass is 10.0. The fourth-order valence-corrected chi connectivity index (χ4v) is 2.58. The van der Waals surface area contributed by atoms with E-state index in [0.29, 0.717) is 11.3 Å². The van der Waals surface area contributed by atoms with Gasteiger partial charge in [-0.25, -0.2) is 5.43 Å². The van der Waals surface area contributed by atoms with E-state index in [1.54, 1.807) is 18.3 Å². The number of hydrazone groups is 1. The average molecular weight is 342 g/mol. The fourth-order valence-electron chi connectivity index (χ4n) is 2.58. The first kappa shape index (κ1) is 17.2. The molecule has 0 unspecified atom stereocenters. The van der Waals surface area contributed by atoms with E-state index in [9.17, 15) is 4.79 Å². The lowest BCUT2D eigenvalue weighted by Crippen LogP contribution is -2.17. The topological polar surface area (TPSA) is 50.7 Å². The summed E-state index contributed by atoms with van der Waals surface area (Å²) in [6, 6.07) is 19.0. The van der Waals surface area contributed by atoms with Gasteiger partial charge in [-0.2, -0.15) is 5.10 Å². The fraction of sp³-hybridized carbons (Fsp3) is 0.0909. The van der Waals surface area contributed by atoms with Gasteiger partial charge in [-0.05, 0) is 35.9 Å². The summed E-state index contributed by atoms with van der Waals surface area (Å²) in [5, 5.41) is 6.12. The van der Waals surface area contributed by atoms with E-state index < -0.39 is 0 Å². The van der Waals surface area contributed by atoms with E-state index in [2.05, 4.69) is 16.4 Å². The summed E-state index contributed by atoms with van der Waals surface area (Å²) < 4.78 is 5.61. The van der Waals surface area contributed by atoms with Gasteiger partial charge in [0, 0.05) is 11.1 Å². The molecule has 0 aliphatic rings. The Morgan fingerprint density at radius 1 is 1.15 bits per heavy atom. The zero-order valence-electron chi connectivity index (χ0n) is 14.4. The first-order valence-corrected chi connectivity index (χ1v) is 8.17. The number of hydrogen-bond donors (Lipinski definition) is 1. The summed E-state index contributed by atoms with van der Waals surface area (Å²) in [7, 11) is 0. The molecule has 0 atom stereocenters. The maximum atomic E-state index is 12.2. The molecule has 0 bridgehead atoms. The van der Waals surface area contributed by atoms with Gasteiger partial charge in [0.05, 0.1) is 6.21 Å². The molecule has 0 radical (unpaired) electrons. The van der Waals surface area contributed by atoms with Crippen LogP contribution in [0.3, 0.4) is 0 Å². The molecule has 1 amide bonds. The minimum absolute atomic E-state index is 0.162. The van der Waals surface area contributed by atoms with Gasteiger partial charge in [0.1, 0.15) is 12.4 Å². The van der Waals surface area contributed by atoms with Gasteiger partial charge in [-0.1, -0.05) is 53.9 Å². The number of hydrogen-bond acceptors (Lipinski definition) is 3. The molecule has 0 fully saturated rings. The van der Waals surface area contributed by atoms with Crippen LogP contribution in [0.2, 0.25) is 0 Å². The molecule has 0 aliphatic carbocycles. The highest BCUT2D eigenvalue weighted by Crippen LogP contribution is 2.26. The minimum atomic E-state index is -0.271. The van der Waals surface area contributed by atoms with E-state index >= 15 is 0 Å². The third-order valence-corrected chi connectivity index (χ3v) is 3.92. The highest BCUT2D eigenvalue weighted by molar-refractivity contribution is 6.03. The van der Waals surface area contributed by atoms with Crippen LogP contribution in [0.1, 0.15) is 21.5 Å². The molecule has 0 aromatic heterocycles. The summed E-state index contributed by atoms with van der Waals surface area (Å²) in [6.45, 7) is 2.13. The summed E-state index contributed by atoms with van der Waals surface area (Å²) >= 11 is 0. The molecule has 0 heterocycles. The van der Waals surface area contributed by atoms with Crippen LogP contribution in [0.4, 0.5) is 0 Å². The van der Waals surface area contributed by atoms with Crippen molar-refractivity contribution >= 4 is 22.9 Å². The number of carbonyl (C=O) groups is 1. The van der Waals surface area contributed by atoms with Crippen molar-refractivity contribution in [3.05, 3.63) is 77.4 Å². The molecular formula is C22H18N2O2. The monoisotopic (exact) mass is 342 g/mol. The van der Waals surface area contributed by atoms with Crippen molar-refractivity contribution in [2.24, 2.45) is 5.10 Å². The van der Waals surface area contributed by atoms with Crippen LogP contribution in [-0.2, 0) is 0 Å². The highest BCUT2D eigenvalue weighted by atomic mass is 16.5. The number of nitrogens with zero attached hydrogens (tertiary/aromatic N) is 1. The zero-order chi connectivity index (χ0) is 18.4. The number of terminal acetylenes is 1. The molecule has 0 saturated carbocycles. The second kappa shape index (κ2) is 8.00. The Hall–Kier alpha value is -3.58. The SMILES string of the molecule is C#CCOc1ccc2ccccc2c1/C=N\NC(=O)c1ccc(C)cc1. The summed E-state index contributed by atoms with van der Waals surface area (Å²) in [5.74, 6) is 2.80. The third-order valence-electron chi connectivity index (χ3n) is 3.92. The Balaban J connectivity index is 1.86. The Kier molecular flexibility index (Phi) is 5.31. The van der Waals surface area contributed by atoms with Crippen molar-refractivity contribution in [3.8, 4) is 18.1 Å². The average Bonchev–Trinajstić information content (AvgIpc) is 2.67. The smallest absolute Gasteiger partial charge is 0.271 e. The molecule has 1 N–H and O–H groups in total. The number of carbonyl (C=O) groups excluding carboxylic acids is 1. The van der Waals surface area contributed by atoms with E-state index in [0.717, 1.165) is 21.9 Å². The maximum Gasteiger partial charge on any atom is 0.271 e. The van der Waals surface area contributed by atoms with Gasteiger partial charge < -0.3 is 4.74 Å². The lowest BCUT2D eigenvalue weighted by Gasteiger charge is -2.09. The number of benzene rings is 3. The summed E-state index contributed by atoms with van der Waals surface area (Å²) in [6.07, 6.45) is 6.87. The van der Waals surface area contributed by atoms with Gasteiger partial charge in [0.25, 0.3) is 5.91 Å². The number of amides is 1. The van der Waals surface area contributed by atoms with Crippen molar-refractivity contribution in [2.45, 2.75) is 6.92 Å². The minimum Gasteiger partial charge on any atom is -0.480 e. The van der Waals surface area contributed by atoms with Crippen LogP contribution in [0.5, 0.6) is 5.75 Å². The Bertz CT molecular complexity index is 999. The molecular weight excluding hydrogens is 324 g/mol. The van der Waals surface area contributed by atoms with Crippen molar-refractivity contribution in [2.75, 3.05) is 6.61 Å². The molecule has 3 aromatic carbocycles. The Morgan fingerprint density at radius 2 is 1.92 bits per heavy atom. The van der Waals surface area contributed by atoms with Crippen LogP contribution in [0.15, 0.2) is 65.8 Å². The predicted octanol–water partition coefficient (Wildman–Crippen LogP) is 3.92. The van der Waals surface area contributed by atoms with Gasteiger partial charge >= 0.3 is 0 Å². The predicted molar refractivity (Wildman–Crippen MR) is 105 cm³/mol. The maximum absolute atomic E-state index is 12.2. The number of rotatable bonds is 5. The molecule has 4 nitrogen and oxygen atoms in total. The zero-order valence-corrected chi connectivity index (χ0v) is 14.4. The first-order valence-electron chi connectivity index (χ1n) is 8.17. The van der Waals surface area contributed by atoms with Gasteiger partial charge in [-0.15, -0.1) is 6.42 Å². The van der Waals surface area contributed by atoms with Crippen LogP contribution >= 0.6 is 0 Å². The molecule has 3 rings (SSSR count). The molecule has 0 saturated heterocycles. The number of fused-ring (bicyclic) bond motifs is 1. The molecule has 0 aliphatic heterocycles. The molecule has 3 aromatic rings. The Labute approximate surface area is 152 Å². The molecule has 0 spiro atoms. The number of nitrogens with one attached hydrogen (secondary N) is 1. The normalized spacial score (nSPS) is 10.6. The first-order chi connectivity index (χ1) is 12.7. The van der Waals surface area contributed by atoms with Crippen LogP contribution in [-0.4, -0.2) is 18.7 Å². The van der Waals surface area contributed by atoms with E-state index in [1.807, 2.05) is 55.5 Å². The van der Waals surface area contributed by atoms with Gasteiger partial charge in [0.2, 0.25) is 0 Å². The standard InChI is InChI=1S/C22H18N2O2/c1-3-14-26-21-13-12-17-6-4-5-7-19(17)20(21)15-23-24-22(25)18-10-8-16(2)9-11-18/h1,4-13,15H,14H2,2H3,(H,24,25)/b23-15-. The van der Waals surface area contributed by atoms with Gasteiger partial charge in [0.15, 0.2) is 0 Å². The van der Waals surface area contributed by atoms with Gasteiger partial charge in [-0.3, -0.25) is 4.79 Å². The Morgan fingerprint density at radius 3 is 2.69 bits per heavy atom. The summed E-state index contributed by atoms with van der Waals surface area (Å²) in [4.78, 5) is 12.2. The van der Waals surface area contributed by atoms with Crippen molar-refractivity contribution < 1.29 is 9.53 Å². The number of aryl methyl sites for hydroxylation is 1. The van der Waals surface area contributed by atoms with E-state index in [1.165, 1.54) is 0 Å². The van der Waals surface area contributed by atoms with E-state index in [4.69, 9.17) is 11.2 Å². The van der Waals surface area contributed by atoms with Crippen molar-refractivity contribution in [3.63, 3.8) is 0 Å². The second-order valence-electron chi connectivity index (χ2n) is 5.76. The van der Waals surface area contributed by atoms with Crippen molar-refractivity contribution in [1.29, 1.82) is 0 Å².